The van der Waals surface area contributed by atoms with Crippen LogP contribution in [0.3, 0.4) is 0 Å². The van der Waals surface area contributed by atoms with Gasteiger partial charge in [0.05, 0.1) is 24.2 Å². The Labute approximate surface area is 707 Å². The molecule has 0 N–H and O–H groups in total. The molecule has 0 atom stereocenters. The number of ether oxygens (including phenoxy) is 1. The summed E-state index contributed by atoms with van der Waals surface area (Å²) in [5.74, 6) is 0.892. The highest BCUT2D eigenvalue weighted by atomic mass is 16.5. The molecule has 0 saturated carbocycles. The average Bonchev–Trinajstić information content (AvgIpc) is 1.67. The highest BCUT2D eigenvalue weighted by molar-refractivity contribution is 5.93. The summed E-state index contributed by atoms with van der Waals surface area (Å²) in [5, 5.41) is 0. The molecule has 0 aliphatic heterocycles. The van der Waals surface area contributed by atoms with Crippen LogP contribution in [0.1, 0.15) is 92.3 Å². The first kappa shape index (κ1) is 81.2. The largest absolute Gasteiger partial charge is 0.497 e. The first-order valence-corrected chi connectivity index (χ1v) is 41.9. The van der Waals surface area contributed by atoms with Crippen molar-refractivity contribution in [1.82, 2.24) is 31.4 Å². The van der Waals surface area contributed by atoms with Gasteiger partial charge in [0.15, 0.2) is 0 Å². The van der Waals surface area contributed by atoms with Crippen molar-refractivity contribution in [2.75, 3.05) is 7.11 Å². The Bertz CT molecular complexity index is 6840. The van der Waals surface area contributed by atoms with Crippen LogP contribution in [-0.4, -0.2) is 38.5 Å². The first-order chi connectivity index (χ1) is 58.5. The van der Waals surface area contributed by atoms with Crippen molar-refractivity contribution in [3.63, 3.8) is 0 Å². The number of methoxy groups -OCH3 is 1. The molecule has 0 unspecified atom stereocenters. The molecule has 8 heteroatoms. The van der Waals surface area contributed by atoms with Gasteiger partial charge in [-0.3, -0.25) is 4.98 Å². The maximum Gasteiger partial charge on any atom is 0.118 e. The lowest BCUT2D eigenvalue weighted by Gasteiger charge is -2.09. The Morgan fingerprint density at radius 3 is 0.992 bits per heavy atom. The number of aromatic nitrogens is 7. The Morgan fingerprint density at radius 2 is 0.567 bits per heavy atom. The van der Waals surface area contributed by atoms with Gasteiger partial charge < -0.3 is 31.1 Å². The molecule has 0 aliphatic carbocycles. The average molecular weight is 1570 g/mol. The van der Waals surface area contributed by atoms with E-state index in [0.717, 1.165) is 24.3 Å². The van der Waals surface area contributed by atoms with Gasteiger partial charge in [-0.15, -0.1) is 0 Å². The van der Waals surface area contributed by atoms with E-state index in [1.807, 2.05) is 30.5 Å². The summed E-state index contributed by atoms with van der Waals surface area (Å²) >= 11 is 0. The van der Waals surface area contributed by atoms with Gasteiger partial charge in [0.2, 0.25) is 0 Å². The van der Waals surface area contributed by atoms with Gasteiger partial charge in [-0.2, -0.15) is 0 Å². The predicted molar refractivity (Wildman–Crippen MR) is 508 cm³/mol. The van der Waals surface area contributed by atoms with E-state index in [2.05, 4.69) is 451 Å². The van der Waals surface area contributed by atoms with Gasteiger partial charge >= 0.3 is 0 Å². The summed E-state index contributed by atoms with van der Waals surface area (Å²) in [6, 6.07) is 109. The van der Waals surface area contributed by atoms with E-state index >= 15 is 0 Å². The van der Waals surface area contributed by atoms with Crippen molar-refractivity contribution < 1.29 is 4.74 Å². The molecular formula is C112H107N7O. The minimum atomic E-state index is 0.892. The zero-order valence-electron chi connectivity index (χ0n) is 71.9. The number of pyridine rings is 7. The van der Waals surface area contributed by atoms with Crippen LogP contribution in [0.2, 0.25) is 0 Å². The van der Waals surface area contributed by atoms with Crippen LogP contribution in [0.4, 0.5) is 0 Å². The van der Waals surface area contributed by atoms with Crippen molar-refractivity contribution in [2.24, 2.45) is 0 Å². The Kier molecular flexibility index (Phi) is 24.6. The van der Waals surface area contributed by atoms with Crippen molar-refractivity contribution in [3.05, 3.63) is 431 Å². The van der Waals surface area contributed by atoms with E-state index in [0.29, 0.717) is 0 Å². The van der Waals surface area contributed by atoms with Gasteiger partial charge in [0.1, 0.15) is 5.75 Å². The Hall–Kier alpha value is -14.0. The quantitative estimate of drug-likeness (QED) is 0.130. The SMILES string of the molecule is CCc1ccc2c(C)c(-c3ccccc3)c(-c3ccccc3)n2c1.CCc1ccc2c(C)c(-c3ccccc3)c(C)n2c1.COc1ccc(-c2c(C)c3ccccn3c2C)cc1.Cc1c(-c2ccccn2)c(C)n2ccccc12.Cc1ccn2c(-c3ccccc3)c(-c3ccccc3)c(C)c2c1.Cc1ccn2c(C)c(-c3ccccc3)c(C)c2c1. The fraction of sp³-hybridized carbons (Fsp3) is 0.152. The number of rotatable bonds is 11. The minimum absolute atomic E-state index is 0.892. The zero-order chi connectivity index (χ0) is 83.7. The molecule has 0 saturated heterocycles. The monoisotopic (exact) mass is 1570 g/mol. The Morgan fingerprint density at radius 1 is 0.250 bits per heavy atom. The van der Waals surface area contributed by atoms with E-state index in [-0.39, 0.29) is 0 Å². The lowest BCUT2D eigenvalue weighted by atomic mass is 9.98. The van der Waals surface area contributed by atoms with Crippen LogP contribution in [-0.2, 0) is 12.8 Å². The lowest BCUT2D eigenvalue weighted by molar-refractivity contribution is 0.415. The summed E-state index contributed by atoms with van der Waals surface area (Å²) in [7, 11) is 1.69. The summed E-state index contributed by atoms with van der Waals surface area (Å²) < 4.78 is 19.0. The molecule has 0 aliphatic rings. The third kappa shape index (κ3) is 16.3. The molecule has 120 heavy (non-hydrogen) atoms. The number of nitrogens with zero attached hydrogens (tertiary/aromatic N) is 7. The van der Waals surface area contributed by atoms with Gasteiger partial charge in [-0.05, 0) is 275 Å². The molecule has 0 radical (unpaired) electrons. The molecule has 7 aromatic carbocycles. The van der Waals surface area contributed by atoms with Crippen LogP contribution < -0.4 is 4.74 Å². The fourth-order valence-corrected chi connectivity index (χ4v) is 17.7. The van der Waals surface area contributed by atoms with Crippen LogP contribution in [0.25, 0.3) is 123 Å². The van der Waals surface area contributed by atoms with Crippen LogP contribution in [0.15, 0.2) is 353 Å². The predicted octanol–water partition coefficient (Wildman–Crippen LogP) is 29.2. The van der Waals surface area contributed by atoms with Gasteiger partial charge in [-0.25, -0.2) is 0 Å². The van der Waals surface area contributed by atoms with E-state index in [4.69, 9.17) is 4.74 Å². The fourth-order valence-electron chi connectivity index (χ4n) is 17.7. The number of aryl methyl sites for hydroxylation is 14. The van der Waals surface area contributed by atoms with Crippen molar-refractivity contribution in [1.29, 1.82) is 0 Å². The normalized spacial score (nSPS) is 11.0. The first-order valence-electron chi connectivity index (χ1n) is 41.9. The van der Waals surface area contributed by atoms with E-state index in [1.54, 1.807) is 7.11 Å². The van der Waals surface area contributed by atoms with E-state index in [1.165, 1.54) is 195 Å². The highest BCUT2D eigenvalue weighted by Crippen LogP contribution is 2.43. The topological polar surface area (TPSA) is 48.6 Å². The molecular weight excluding hydrogens is 1460 g/mol. The molecule has 0 spiro atoms. The maximum absolute atomic E-state index is 5.22. The number of fused-ring (bicyclic) bond motifs is 6. The molecule has 8 nitrogen and oxygen atoms in total. The maximum atomic E-state index is 5.22. The lowest BCUT2D eigenvalue weighted by Crippen LogP contribution is -1.92. The number of benzene rings is 7. The van der Waals surface area contributed by atoms with Gasteiger partial charge in [0, 0.05) is 133 Å². The van der Waals surface area contributed by atoms with E-state index in [9.17, 15) is 0 Å². The molecule has 0 fully saturated rings. The van der Waals surface area contributed by atoms with E-state index < -0.39 is 0 Å². The second-order valence-corrected chi connectivity index (χ2v) is 31.3. The zero-order valence-corrected chi connectivity index (χ0v) is 71.9. The standard InChI is InChI=1S/C23H21N.C22H19N.C18H19N.C17H17NO.C17H17N.C15H14N2/c1-3-18-14-15-21-17(2)22(19-10-6-4-7-11-19)23(24(21)16-18)20-12-8-5-9-13-20;1-16-13-14-23-20(15-16)17(2)21(18-9-5-3-6-10-18)22(23)19-11-7-4-8-12-19;1-4-15-10-11-17-13(2)18(14(3)19(17)12-15)16-8-6-5-7-9-16;1-12-16-6-4-5-11-18(16)13(2)17(12)14-7-9-15(19-3)10-8-14;1-12-9-10-18-14(3)17(13(2)16(18)11-12)15-7-5-4-6-8-15;1-11-14-8-4-6-10-17(14)12(2)15(11)13-7-3-5-9-16-13/h4-16H,3H2,1-2H3;3-15H,1-2H3;5-12H,4H2,1-3H3;4-11H,1-3H3;4-11H,1-3H3;3-10H,1-2H3. The summed E-state index contributed by atoms with van der Waals surface area (Å²) in [4.78, 5) is 4.45. The Balaban J connectivity index is 0.000000113. The van der Waals surface area contributed by atoms with Crippen molar-refractivity contribution in [2.45, 2.75) is 110 Å². The smallest absolute Gasteiger partial charge is 0.118 e. The molecule has 596 valence electrons. The molecule has 13 heterocycles. The molecule has 20 aromatic rings. The molecule has 13 aromatic heterocycles. The van der Waals surface area contributed by atoms with Crippen molar-refractivity contribution >= 4 is 33.1 Å². The minimum Gasteiger partial charge on any atom is -0.497 e. The highest BCUT2D eigenvalue weighted by Gasteiger charge is 2.23. The van der Waals surface area contributed by atoms with Gasteiger partial charge in [-0.1, -0.05) is 238 Å². The van der Waals surface area contributed by atoms with Gasteiger partial charge in [0.25, 0.3) is 0 Å². The number of hydrogen-bond acceptors (Lipinski definition) is 2. The third-order valence-electron chi connectivity index (χ3n) is 23.8. The molecule has 0 bridgehead atoms. The van der Waals surface area contributed by atoms with Crippen LogP contribution in [0, 0.1) is 83.1 Å². The summed E-state index contributed by atoms with van der Waals surface area (Å²) in [6.07, 6.45) is 17.1. The molecule has 0 amide bonds. The summed E-state index contributed by atoms with van der Waals surface area (Å²) in [6.45, 7) is 30.6. The third-order valence-corrected chi connectivity index (χ3v) is 23.8. The second-order valence-electron chi connectivity index (χ2n) is 31.3. The summed E-state index contributed by atoms with van der Waals surface area (Å²) in [5.41, 5.74) is 46.7. The number of hydrogen-bond donors (Lipinski definition) is 0. The van der Waals surface area contributed by atoms with Crippen LogP contribution >= 0.6 is 0 Å². The second kappa shape index (κ2) is 36.3. The van der Waals surface area contributed by atoms with Crippen LogP contribution in [0.5, 0.6) is 5.75 Å². The van der Waals surface area contributed by atoms with Crippen molar-refractivity contribution in [3.8, 4) is 95.2 Å². The molecule has 20 rings (SSSR count).